The number of ether oxygens (including phenoxy) is 2. The van der Waals surface area contributed by atoms with Crippen LogP contribution in [0.25, 0.3) is 0 Å². The minimum atomic E-state index is -0.817. The summed E-state index contributed by atoms with van der Waals surface area (Å²) in [6, 6.07) is 31.5. The SMILES string of the molecule is CCCCCCCCCCCCCCCCCC(=O)NCC(COC(c1ccccc1)(c1ccccc1)c1ccccc1)OCCCCCCCCC. The highest BCUT2D eigenvalue weighted by Crippen LogP contribution is 2.40. The average molecular weight is 726 g/mol. The number of benzene rings is 3. The van der Waals surface area contributed by atoms with Crippen molar-refractivity contribution in [2.24, 2.45) is 0 Å². The van der Waals surface area contributed by atoms with Crippen LogP contribution < -0.4 is 5.32 Å². The van der Waals surface area contributed by atoms with Crippen LogP contribution in [0.4, 0.5) is 0 Å². The number of hydrogen-bond donors (Lipinski definition) is 1. The summed E-state index contributed by atoms with van der Waals surface area (Å²) in [4.78, 5) is 13.0. The lowest BCUT2D eigenvalue weighted by molar-refractivity contribution is -0.122. The number of carbonyl (C=O) groups excluding carboxylic acids is 1. The van der Waals surface area contributed by atoms with Crippen LogP contribution >= 0.6 is 0 Å². The Hall–Kier alpha value is -2.95. The summed E-state index contributed by atoms with van der Waals surface area (Å²) in [5.74, 6) is 0.115. The van der Waals surface area contributed by atoms with Crippen molar-refractivity contribution in [1.29, 1.82) is 0 Å². The molecular formula is C49H75NO3. The molecule has 53 heavy (non-hydrogen) atoms. The molecule has 1 atom stereocenters. The van der Waals surface area contributed by atoms with E-state index in [0.29, 0.717) is 26.2 Å². The minimum absolute atomic E-state index is 0.115. The highest BCUT2D eigenvalue weighted by Gasteiger charge is 2.38. The fraction of sp³-hybridized carbons (Fsp3) is 0.612. The molecular weight excluding hydrogens is 651 g/mol. The van der Waals surface area contributed by atoms with Gasteiger partial charge in [-0.15, -0.1) is 0 Å². The zero-order chi connectivity index (χ0) is 37.5. The van der Waals surface area contributed by atoms with Crippen LogP contribution in [0, 0.1) is 0 Å². The summed E-state index contributed by atoms with van der Waals surface area (Å²) in [6.07, 6.45) is 28.9. The van der Waals surface area contributed by atoms with Crippen molar-refractivity contribution >= 4 is 5.91 Å². The van der Waals surface area contributed by atoms with Crippen molar-refractivity contribution in [3.63, 3.8) is 0 Å². The maximum atomic E-state index is 13.0. The van der Waals surface area contributed by atoms with Crippen LogP contribution in [-0.4, -0.2) is 31.8 Å². The molecule has 3 aromatic rings. The van der Waals surface area contributed by atoms with Gasteiger partial charge in [-0.3, -0.25) is 4.79 Å². The molecule has 0 saturated heterocycles. The van der Waals surface area contributed by atoms with E-state index in [4.69, 9.17) is 9.47 Å². The van der Waals surface area contributed by atoms with Crippen molar-refractivity contribution < 1.29 is 14.3 Å². The third-order valence-electron chi connectivity index (χ3n) is 10.7. The van der Waals surface area contributed by atoms with Crippen LogP contribution in [0.1, 0.15) is 178 Å². The van der Waals surface area contributed by atoms with Crippen LogP contribution in [0.5, 0.6) is 0 Å². The molecule has 294 valence electrons. The summed E-state index contributed by atoms with van der Waals surface area (Å²) in [6.45, 7) is 6.02. The Morgan fingerprint density at radius 3 is 1.26 bits per heavy atom. The molecule has 1 N–H and O–H groups in total. The Kier molecular flexibility index (Phi) is 24.7. The fourth-order valence-electron chi connectivity index (χ4n) is 7.43. The molecule has 1 unspecified atom stereocenters. The van der Waals surface area contributed by atoms with Gasteiger partial charge in [-0.25, -0.2) is 0 Å². The molecule has 0 aliphatic carbocycles. The number of hydrogen-bond acceptors (Lipinski definition) is 3. The predicted octanol–water partition coefficient (Wildman–Crippen LogP) is 13.5. The van der Waals surface area contributed by atoms with Gasteiger partial charge in [-0.1, -0.05) is 233 Å². The van der Waals surface area contributed by atoms with Crippen molar-refractivity contribution in [1.82, 2.24) is 5.32 Å². The van der Waals surface area contributed by atoms with E-state index in [1.807, 2.05) is 18.2 Å². The molecule has 0 radical (unpaired) electrons. The molecule has 0 aliphatic rings. The Morgan fingerprint density at radius 2 is 0.868 bits per heavy atom. The molecule has 0 heterocycles. The van der Waals surface area contributed by atoms with Gasteiger partial charge in [0.1, 0.15) is 5.60 Å². The molecule has 4 nitrogen and oxygen atoms in total. The number of unbranched alkanes of at least 4 members (excludes halogenated alkanes) is 20. The first-order chi connectivity index (χ1) is 26.2. The van der Waals surface area contributed by atoms with Crippen molar-refractivity contribution in [2.45, 2.75) is 173 Å². The first-order valence-electron chi connectivity index (χ1n) is 21.9. The van der Waals surface area contributed by atoms with E-state index in [0.717, 1.165) is 36.0 Å². The zero-order valence-electron chi connectivity index (χ0n) is 33.8. The lowest BCUT2D eigenvalue weighted by Gasteiger charge is -2.37. The summed E-state index contributed by atoms with van der Waals surface area (Å²) < 4.78 is 13.6. The molecule has 0 fully saturated rings. The van der Waals surface area contributed by atoms with Gasteiger partial charge in [0.25, 0.3) is 0 Å². The Labute approximate surface area is 325 Å². The Morgan fingerprint density at radius 1 is 0.509 bits per heavy atom. The average Bonchev–Trinajstić information content (AvgIpc) is 3.20. The van der Waals surface area contributed by atoms with E-state index in [1.54, 1.807) is 0 Å². The second-order valence-corrected chi connectivity index (χ2v) is 15.2. The highest BCUT2D eigenvalue weighted by molar-refractivity contribution is 5.75. The lowest BCUT2D eigenvalue weighted by Crippen LogP contribution is -2.41. The first-order valence-corrected chi connectivity index (χ1v) is 21.9. The Balaban J connectivity index is 1.49. The van der Waals surface area contributed by atoms with Gasteiger partial charge in [0.2, 0.25) is 5.91 Å². The summed E-state index contributed by atoms with van der Waals surface area (Å²) >= 11 is 0. The quantitative estimate of drug-likeness (QED) is 0.0502. The third kappa shape index (κ3) is 18.3. The molecule has 3 aromatic carbocycles. The van der Waals surface area contributed by atoms with Gasteiger partial charge in [0.15, 0.2) is 0 Å². The normalized spacial score (nSPS) is 12.2. The minimum Gasteiger partial charge on any atom is -0.374 e. The van der Waals surface area contributed by atoms with E-state index in [9.17, 15) is 4.79 Å². The van der Waals surface area contributed by atoms with Crippen LogP contribution in [0.15, 0.2) is 91.0 Å². The molecule has 0 saturated carbocycles. The summed E-state index contributed by atoms with van der Waals surface area (Å²) in [5.41, 5.74) is 2.39. The fourth-order valence-corrected chi connectivity index (χ4v) is 7.43. The number of amides is 1. The number of nitrogens with one attached hydrogen (secondary N) is 1. The van der Waals surface area contributed by atoms with Gasteiger partial charge in [0.05, 0.1) is 12.7 Å². The molecule has 4 heteroatoms. The predicted molar refractivity (Wildman–Crippen MR) is 225 cm³/mol. The maximum Gasteiger partial charge on any atom is 0.220 e. The molecule has 0 aromatic heterocycles. The molecule has 3 rings (SSSR count). The lowest BCUT2D eigenvalue weighted by atomic mass is 9.80. The van der Waals surface area contributed by atoms with E-state index in [2.05, 4.69) is 92.0 Å². The van der Waals surface area contributed by atoms with Crippen molar-refractivity contribution in [3.05, 3.63) is 108 Å². The van der Waals surface area contributed by atoms with E-state index < -0.39 is 5.60 Å². The monoisotopic (exact) mass is 726 g/mol. The van der Waals surface area contributed by atoms with E-state index >= 15 is 0 Å². The first kappa shape index (κ1) is 44.4. The standard InChI is InChI=1S/C49H75NO3/c1-3-5-7-9-11-12-13-14-15-16-17-18-19-21-32-40-48(51)50-42-47(52-41-33-22-20-10-8-6-4-2)43-53-49(44-34-26-23-27-35-44,45-36-28-24-29-37-45)46-38-30-25-31-39-46/h23-31,34-39,47H,3-22,32-33,40-43H2,1-2H3,(H,50,51). The van der Waals surface area contributed by atoms with Crippen LogP contribution in [-0.2, 0) is 19.9 Å². The topological polar surface area (TPSA) is 47.6 Å². The van der Waals surface area contributed by atoms with Gasteiger partial charge in [-0.05, 0) is 29.5 Å². The van der Waals surface area contributed by atoms with E-state index in [-0.39, 0.29) is 12.0 Å². The Bertz CT molecular complexity index is 1170. The van der Waals surface area contributed by atoms with Crippen LogP contribution in [0.2, 0.25) is 0 Å². The van der Waals surface area contributed by atoms with Gasteiger partial charge < -0.3 is 14.8 Å². The molecule has 0 aliphatic heterocycles. The largest absolute Gasteiger partial charge is 0.374 e. The number of rotatable bonds is 33. The van der Waals surface area contributed by atoms with E-state index in [1.165, 1.54) is 122 Å². The molecule has 0 bridgehead atoms. The summed E-state index contributed by atoms with van der Waals surface area (Å²) in [5, 5.41) is 3.22. The second kappa shape index (κ2) is 29.4. The maximum absolute atomic E-state index is 13.0. The van der Waals surface area contributed by atoms with Gasteiger partial charge in [-0.2, -0.15) is 0 Å². The van der Waals surface area contributed by atoms with Crippen molar-refractivity contribution in [2.75, 3.05) is 19.8 Å². The third-order valence-corrected chi connectivity index (χ3v) is 10.7. The molecule has 0 spiro atoms. The highest BCUT2D eigenvalue weighted by atomic mass is 16.5. The zero-order valence-corrected chi connectivity index (χ0v) is 33.8. The molecule has 1 amide bonds. The summed E-state index contributed by atoms with van der Waals surface area (Å²) in [7, 11) is 0. The van der Waals surface area contributed by atoms with Crippen molar-refractivity contribution in [3.8, 4) is 0 Å². The second-order valence-electron chi connectivity index (χ2n) is 15.2. The smallest absolute Gasteiger partial charge is 0.220 e. The van der Waals surface area contributed by atoms with Gasteiger partial charge in [0, 0.05) is 19.6 Å². The van der Waals surface area contributed by atoms with Gasteiger partial charge >= 0.3 is 0 Å². The van der Waals surface area contributed by atoms with Crippen LogP contribution in [0.3, 0.4) is 0 Å². The number of carbonyl (C=O) groups is 1.